The standard InChI is InChI=1S/C12H16N6O/c1-9(6-13)5-11(19)17-10-3-2-4-15-12(10)18-8-14-7-16-18/h2-4,7-9H,5-6,13H2,1H3,(H,17,19). The second-order valence-electron chi connectivity index (χ2n) is 4.31. The highest BCUT2D eigenvalue weighted by Gasteiger charge is 2.12. The van der Waals surface area contributed by atoms with Gasteiger partial charge in [0, 0.05) is 12.6 Å². The number of rotatable bonds is 5. The first-order chi connectivity index (χ1) is 9.20. The van der Waals surface area contributed by atoms with E-state index in [2.05, 4.69) is 20.4 Å². The molecule has 1 atom stereocenters. The summed E-state index contributed by atoms with van der Waals surface area (Å²) in [5.41, 5.74) is 6.11. The summed E-state index contributed by atoms with van der Waals surface area (Å²) in [4.78, 5) is 19.9. The predicted molar refractivity (Wildman–Crippen MR) is 70.6 cm³/mol. The van der Waals surface area contributed by atoms with E-state index in [1.54, 1.807) is 18.3 Å². The zero-order valence-corrected chi connectivity index (χ0v) is 10.7. The molecule has 2 rings (SSSR count). The van der Waals surface area contributed by atoms with Crippen LogP contribution >= 0.6 is 0 Å². The van der Waals surface area contributed by atoms with Crippen molar-refractivity contribution >= 4 is 11.6 Å². The Kier molecular flexibility index (Phi) is 4.19. The largest absolute Gasteiger partial charge is 0.330 e. The number of aromatic nitrogens is 4. The molecule has 0 aliphatic rings. The molecule has 0 saturated carbocycles. The Morgan fingerprint density at radius 2 is 2.42 bits per heavy atom. The molecule has 2 aromatic rings. The molecule has 0 bridgehead atoms. The minimum atomic E-state index is -0.0904. The Morgan fingerprint density at radius 3 is 3.11 bits per heavy atom. The Balaban J connectivity index is 2.15. The van der Waals surface area contributed by atoms with Gasteiger partial charge in [-0.15, -0.1) is 0 Å². The molecule has 1 unspecified atom stereocenters. The molecule has 0 fully saturated rings. The van der Waals surface area contributed by atoms with Crippen LogP contribution in [-0.4, -0.2) is 32.2 Å². The van der Waals surface area contributed by atoms with Crippen molar-refractivity contribution in [3.05, 3.63) is 31.0 Å². The Morgan fingerprint density at radius 1 is 1.58 bits per heavy atom. The van der Waals surface area contributed by atoms with Crippen molar-refractivity contribution in [3.63, 3.8) is 0 Å². The summed E-state index contributed by atoms with van der Waals surface area (Å²) in [6, 6.07) is 3.53. The smallest absolute Gasteiger partial charge is 0.224 e. The van der Waals surface area contributed by atoms with Gasteiger partial charge >= 0.3 is 0 Å². The van der Waals surface area contributed by atoms with Crippen LogP contribution in [0, 0.1) is 5.92 Å². The van der Waals surface area contributed by atoms with Gasteiger partial charge in [-0.3, -0.25) is 4.79 Å². The van der Waals surface area contributed by atoms with Gasteiger partial charge in [-0.05, 0) is 24.6 Å². The Bertz CT molecular complexity index is 539. The van der Waals surface area contributed by atoms with Crippen LogP contribution in [0.1, 0.15) is 13.3 Å². The summed E-state index contributed by atoms with van der Waals surface area (Å²) in [6.07, 6.45) is 4.95. The molecule has 0 spiro atoms. The minimum Gasteiger partial charge on any atom is -0.330 e. The summed E-state index contributed by atoms with van der Waals surface area (Å²) >= 11 is 0. The molecule has 19 heavy (non-hydrogen) atoms. The maximum Gasteiger partial charge on any atom is 0.224 e. The number of anilines is 1. The lowest BCUT2D eigenvalue weighted by Gasteiger charge is -2.11. The molecular formula is C12H16N6O. The molecule has 7 heteroatoms. The van der Waals surface area contributed by atoms with Crippen molar-refractivity contribution in [2.24, 2.45) is 11.7 Å². The topological polar surface area (TPSA) is 98.7 Å². The summed E-state index contributed by atoms with van der Waals surface area (Å²) in [6.45, 7) is 2.41. The lowest BCUT2D eigenvalue weighted by Crippen LogP contribution is -2.21. The van der Waals surface area contributed by atoms with Crippen LogP contribution in [0.15, 0.2) is 31.0 Å². The van der Waals surface area contributed by atoms with Crippen LogP contribution in [0.3, 0.4) is 0 Å². The van der Waals surface area contributed by atoms with E-state index in [1.807, 2.05) is 6.92 Å². The number of nitrogens with one attached hydrogen (secondary N) is 1. The van der Waals surface area contributed by atoms with Crippen LogP contribution < -0.4 is 11.1 Å². The van der Waals surface area contributed by atoms with Crippen LogP contribution in [-0.2, 0) is 4.79 Å². The average Bonchev–Trinajstić information content (AvgIpc) is 2.93. The van der Waals surface area contributed by atoms with Crippen molar-refractivity contribution < 1.29 is 4.79 Å². The lowest BCUT2D eigenvalue weighted by molar-refractivity contribution is -0.116. The molecule has 0 saturated heterocycles. The van der Waals surface area contributed by atoms with E-state index in [4.69, 9.17) is 5.73 Å². The first-order valence-corrected chi connectivity index (χ1v) is 6.00. The SMILES string of the molecule is CC(CN)CC(=O)Nc1cccnc1-n1cncn1. The third-order valence-corrected chi connectivity index (χ3v) is 2.63. The van der Waals surface area contributed by atoms with E-state index in [-0.39, 0.29) is 11.8 Å². The van der Waals surface area contributed by atoms with Gasteiger partial charge in [0.2, 0.25) is 5.91 Å². The minimum absolute atomic E-state index is 0.0904. The molecule has 0 aliphatic heterocycles. The van der Waals surface area contributed by atoms with Gasteiger partial charge in [0.25, 0.3) is 0 Å². The first kappa shape index (κ1) is 13.2. The predicted octanol–water partition coefficient (Wildman–Crippen LogP) is 0.586. The summed E-state index contributed by atoms with van der Waals surface area (Å²) < 4.78 is 1.50. The van der Waals surface area contributed by atoms with E-state index in [1.165, 1.54) is 17.3 Å². The normalized spacial score (nSPS) is 12.1. The van der Waals surface area contributed by atoms with E-state index in [0.29, 0.717) is 24.5 Å². The van der Waals surface area contributed by atoms with Crippen molar-refractivity contribution in [2.45, 2.75) is 13.3 Å². The number of nitrogens with zero attached hydrogens (tertiary/aromatic N) is 4. The number of nitrogens with two attached hydrogens (primary N) is 1. The van der Waals surface area contributed by atoms with E-state index in [0.717, 1.165) is 0 Å². The number of hydrogen-bond acceptors (Lipinski definition) is 5. The number of pyridine rings is 1. The van der Waals surface area contributed by atoms with Crippen molar-refractivity contribution in [1.82, 2.24) is 19.7 Å². The van der Waals surface area contributed by atoms with Crippen LogP contribution in [0.25, 0.3) is 5.82 Å². The van der Waals surface area contributed by atoms with Crippen LogP contribution in [0.4, 0.5) is 5.69 Å². The van der Waals surface area contributed by atoms with Crippen molar-refractivity contribution in [1.29, 1.82) is 0 Å². The molecule has 0 aromatic carbocycles. The maximum absolute atomic E-state index is 11.9. The monoisotopic (exact) mass is 260 g/mol. The Hall–Kier alpha value is -2.28. The lowest BCUT2D eigenvalue weighted by atomic mass is 10.1. The first-order valence-electron chi connectivity index (χ1n) is 6.00. The van der Waals surface area contributed by atoms with E-state index in [9.17, 15) is 4.79 Å². The van der Waals surface area contributed by atoms with Gasteiger partial charge in [-0.25, -0.2) is 14.6 Å². The second kappa shape index (κ2) is 6.05. The zero-order valence-electron chi connectivity index (χ0n) is 10.7. The molecule has 3 N–H and O–H groups in total. The highest BCUT2D eigenvalue weighted by Crippen LogP contribution is 2.16. The second-order valence-corrected chi connectivity index (χ2v) is 4.31. The van der Waals surface area contributed by atoms with Gasteiger partial charge in [0.15, 0.2) is 5.82 Å². The molecule has 2 heterocycles. The van der Waals surface area contributed by atoms with E-state index < -0.39 is 0 Å². The van der Waals surface area contributed by atoms with Gasteiger partial charge in [0.1, 0.15) is 12.7 Å². The number of carbonyl (C=O) groups is 1. The molecule has 100 valence electrons. The van der Waals surface area contributed by atoms with Crippen LogP contribution in [0.5, 0.6) is 0 Å². The summed E-state index contributed by atoms with van der Waals surface area (Å²) in [7, 11) is 0. The van der Waals surface area contributed by atoms with E-state index >= 15 is 0 Å². The fraction of sp³-hybridized carbons (Fsp3) is 0.333. The van der Waals surface area contributed by atoms with Crippen molar-refractivity contribution in [3.8, 4) is 5.82 Å². The van der Waals surface area contributed by atoms with Gasteiger partial charge in [0.05, 0.1) is 5.69 Å². The molecule has 7 nitrogen and oxygen atoms in total. The molecule has 0 radical (unpaired) electrons. The highest BCUT2D eigenvalue weighted by molar-refractivity contribution is 5.92. The fourth-order valence-electron chi connectivity index (χ4n) is 1.60. The zero-order chi connectivity index (χ0) is 13.7. The Labute approximate surface area is 110 Å². The number of carbonyl (C=O) groups excluding carboxylic acids is 1. The van der Waals surface area contributed by atoms with Gasteiger partial charge in [-0.1, -0.05) is 6.92 Å². The third kappa shape index (κ3) is 3.35. The maximum atomic E-state index is 11.9. The van der Waals surface area contributed by atoms with Gasteiger partial charge in [-0.2, -0.15) is 5.10 Å². The number of hydrogen-bond donors (Lipinski definition) is 2. The average molecular weight is 260 g/mol. The third-order valence-electron chi connectivity index (χ3n) is 2.63. The molecular weight excluding hydrogens is 244 g/mol. The summed E-state index contributed by atoms with van der Waals surface area (Å²) in [5.74, 6) is 0.590. The quantitative estimate of drug-likeness (QED) is 0.819. The molecule has 2 aromatic heterocycles. The molecule has 1 amide bonds. The van der Waals surface area contributed by atoms with Gasteiger partial charge < -0.3 is 11.1 Å². The summed E-state index contributed by atoms with van der Waals surface area (Å²) in [5, 5.41) is 6.82. The number of amides is 1. The highest BCUT2D eigenvalue weighted by atomic mass is 16.1. The van der Waals surface area contributed by atoms with Crippen molar-refractivity contribution in [2.75, 3.05) is 11.9 Å². The van der Waals surface area contributed by atoms with Crippen LogP contribution in [0.2, 0.25) is 0 Å². The molecule has 0 aliphatic carbocycles. The fourth-order valence-corrected chi connectivity index (χ4v) is 1.60.